The molecule has 2 aromatic heterocycles. The molecule has 3 heterocycles. The van der Waals surface area contributed by atoms with E-state index < -0.39 is 23.9 Å². The number of hydrogen-bond acceptors (Lipinski definition) is 4. The molecule has 0 aliphatic carbocycles. The number of carbonyl (C=O) groups is 2. The van der Waals surface area contributed by atoms with Gasteiger partial charge in [0, 0.05) is 43.1 Å². The lowest BCUT2D eigenvalue weighted by molar-refractivity contribution is 0.0366. The fourth-order valence-electron chi connectivity index (χ4n) is 5.18. The maximum Gasteiger partial charge on any atom is 0.408 e. The standard InChI is InChI=1S/C29H34FN5O3/c1-6-35-23-10-8-7-9-18(23)16-25(35)26-31-21-15-19(11-12-24(21)33(26)5)27(36)34-14-13-20(30)22(17-34)32-28(37)38-29(2,3)4/h7-12,15-16,20,22H,6,13-14,17H2,1-5H3,(H,32,37)/t20-,22+/m0/s1. The van der Waals surface area contributed by atoms with E-state index in [-0.39, 0.29) is 25.4 Å². The number of rotatable bonds is 4. The number of para-hydroxylation sites is 1. The van der Waals surface area contributed by atoms with Crippen LogP contribution in [-0.4, -0.2) is 61.9 Å². The van der Waals surface area contributed by atoms with Crippen LogP contribution in [0.5, 0.6) is 0 Å². The highest BCUT2D eigenvalue weighted by atomic mass is 19.1. The lowest BCUT2D eigenvalue weighted by Gasteiger charge is -2.35. The van der Waals surface area contributed by atoms with E-state index in [1.165, 1.54) is 0 Å². The Morgan fingerprint density at radius 2 is 1.89 bits per heavy atom. The van der Waals surface area contributed by atoms with Gasteiger partial charge in [0.2, 0.25) is 0 Å². The second-order valence-electron chi connectivity index (χ2n) is 10.8. The normalized spacial score (nSPS) is 18.2. The number of hydrogen-bond donors (Lipinski definition) is 1. The zero-order chi connectivity index (χ0) is 27.2. The van der Waals surface area contributed by atoms with E-state index >= 15 is 0 Å². The molecule has 38 heavy (non-hydrogen) atoms. The smallest absolute Gasteiger partial charge is 0.408 e. The maximum absolute atomic E-state index is 14.6. The zero-order valence-corrected chi connectivity index (χ0v) is 22.5. The number of halogens is 1. The summed E-state index contributed by atoms with van der Waals surface area (Å²) in [5.41, 5.74) is 3.58. The lowest BCUT2D eigenvalue weighted by Crippen LogP contribution is -2.55. The monoisotopic (exact) mass is 519 g/mol. The third-order valence-electron chi connectivity index (χ3n) is 7.00. The highest BCUT2D eigenvalue weighted by Crippen LogP contribution is 2.30. The first-order valence-corrected chi connectivity index (χ1v) is 13.0. The van der Waals surface area contributed by atoms with Crippen LogP contribution in [0.1, 0.15) is 44.5 Å². The molecule has 8 nitrogen and oxygen atoms in total. The minimum atomic E-state index is -1.25. The molecular formula is C29H34FN5O3. The largest absolute Gasteiger partial charge is 0.444 e. The van der Waals surface area contributed by atoms with Crippen LogP contribution >= 0.6 is 0 Å². The van der Waals surface area contributed by atoms with Crippen molar-refractivity contribution in [1.29, 1.82) is 0 Å². The topological polar surface area (TPSA) is 81.4 Å². The summed E-state index contributed by atoms with van der Waals surface area (Å²) < 4.78 is 24.2. The Labute approximate surface area is 221 Å². The fraction of sp³-hybridized carbons (Fsp3) is 0.414. The third kappa shape index (κ3) is 4.85. The number of aryl methyl sites for hydroxylation is 2. The molecule has 1 fully saturated rings. The average molecular weight is 520 g/mol. The van der Waals surface area contributed by atoms with Gasteiger partial charge in [-0.25, -0.2) is 14.2 Å². The summed E-state index contributed by atoms with van der Waals surface area (Å²) in [7, 11) is 1.97. The summed E-state index contributed by atoms with van der Waals surface area (Å²) >= 11 is 0. The molecular weight excluding hydrogens is 485 g/mol. The number of alkyl halides is 1. The Balaban J connectivity index is 1.40. The van der Waals surface area contributed by atoms with Crippen LogP contribution < -0.4 is 5.32 Å². The van der Waals surface area contributed by atoms with Gasteiger partial charge in [0.15, 0.2) is 5.82 Å². The molecule has 1 saturated heterocycles. The molecule has 0 saturated carbocycles. The van der Waals surface area contributed by atoms with Gasteiger partial charge in [-0.3, -0.25) is 4.79 Å². The molecule has 1 aliphatic heterocycles. The van der Waals surface area contributed by atoms with Crippen LogP contribution in [-0.2, 0) is 18.3 Å². The number of aromatic nitrogens is 3. The molecule has 200 valence electrons. The van der Waals surface area contributed by atoms with E-state index in [9.17, 15) is 14.0 Å². The minimum absolute atomic E-state index is 0.0708. The Bertz CT molecular complexity index is 1520. The minimum Gasteiger partial charge on any atom is -0.444 e. The van der Waals surface area contributed by atoms with Crippen molar-refractivity contribution in [1.82, 2.24) is 24.3 Å². The van der Waals surface area contributed by atoms with E-state index in [4.69, 9.17) is 9.72 Å². The van der Waals surface area contributed by atoms with Gasteiger partial charge < -0.3 is 24.1 Å². The van der Waals surface area contributed by atoms with E-state index in [2.05, 4.69) is 35.0 Å². The summed E-state index contributed by atoms with van der Waals surface area (Å²) in [4.78, 5) is 32.1. The summed E-state index contributed by atoms with van der Waals surface area (Å²) in [5.74, 6) is 0.604. The highest BCUT2D eigenvalue weighted by Gasteiger charge is 2.34. The quantitative estimate of drug-likeness (QED) is 0.397. The molecule has 0 unspecified atom stereocenters. The first-order chi connectivity index (χ1) is 18.1. The van der Waals surface area contributed by atoms with Crippen molar-refractivity contribution in [2.24, 2.45) is 7.05 Å². The van der Waals surface area contributed by atoms with Gasteiger partial charge in [0.1, 0.15) is 11.8 Å². The predicted octanol–water partition coefficient (Wildman–Crippen LogP) is 5.29. The van der Waals surface area contributed by atoms with E-state index in [1.54, 1.807) is 37.8 Å². The molecule has 5 rings (SSSR count). The molecule has 2 aromatic carbocycles. The van der Waals surface area contributed by atoms with Crippen LogP contribution in [0.3, 0.4) is 0 Å². The first-order valence-electron chi connectivity index (χ1n) is 13.0. The van der Waals surface area contributed by atoms with E-state index in [1.807, 2.05) is 29.8 Å². The van der Waals surface area contributed by atoms with E-state index in [0.717, 1.165) is 34.5 Å². The van der Waals surface area contributed by atoms with Crippen molar-refractivity contribution < 1.29 is 18.7 Å². The summed E-state index contributed by atoms with van der Waals surface area (Å²) in [6, 6.07) is 15.0. The second kappa shape index (κ2) is 9.78. The van der Waals surface area contributed by atoms with Crippen molar-refractivity contribution >= 4 is 33.9 Å². The Morgan fingerprint density at radius 3 is 2.63 bits per heavy atom. The average Bonchev–Trinajstić information content (AvgIpc) is 3.40. The SMILES string of the molecule is CCn1c(-c2nc3cc(C(=O)N4CC[C@H](F)[C@H](NC(=O)OC(C)(C)C)C4)ccc3n2C)cc2ccccc21. The first kappa shape index (κ1) is 25.8. The number of carbonyl (C=O) groups excluding carboxylic acids is 2. The molecule has 0 radical (unpaired) electrons. The van der Waals surface area contributed by atoms with Gasteiger partial charge in [0.05, 0.1) is 22.8 Å². The number of nitrogens with zero attached hydrogens (tertiary/aromatic N) is 4. The number of amides is 2. The van der Waals surface area contributed by atoms with Crippen molar-refractivity contribution in [2.75, 3.05) is 13.1 Å². The lowest BCUT2D eigenvalue weighted by atomic mass is 10.0. The van der Waals surface area contributed by atoms with Crippen molar-refractivity contribution in [3.8, 4) is 11.5 Å². The Hall–Kier alpha value is -3.88. The predicted molar refractivity (Wildman–Crippen MR) is 146 cm³/mol. The number of fused-ring (bicyclic) bond motifs is 2. The molecule has 4 aromatic rings. The van der Waals surface area contributed by atoms with Crippen molar-refractivity contribution in [3.05, 3.63) is 54.1 Å². The molecule has 0 bridgehead atoms. The molecule has 1 N–H and O–H groups in total. The van der Waals surface area contributed by atoms with Crippen molar-refractivity contribution in [3.63, 3.8) is 0 Å². The van der Waals surface area contributed by atoms with Crippen LogP contribution in [0.25, 0.3) is 33.5 Å². The second-order valence-corrected chi connectivity index (χ2v) is 10.8. The molecule has 0 spiro atoms. The number of imidazole rings is 1. The Kier molecular flexibility index (Phi) is 6.63. The van der Waals surface area contributed by atoms with Crippen LogP contribution in [0.15, 0.2) is 48.5 Å². The number of nitrogens with one attached hydrogen (secondary N) is 1. The summed E-state index contributed by atoms with van der Waals surface area (Å²) in [6.07, 6.45) is -1.80. The molecule has 2 atom stereocenters. The highest BCUT2D eigenvalue weighted by molar-refractivity contribution is 5.98. The van der Waals surface area contributed by atoms with Crippen LogP contribution in [0.4, 0.5) is 9.18 Å². The fourth-order valence-corrected chi connectivity index (χ4v) is 5.18. The maximum atomic E-state index is 14.6. The van der Waals surface area contributed by atoms with Crippen molar-refractivity contribution in [2.45, 2.75) is 58.5 Å². The van der Waals surface area contributed by atoms with Gasteiger partial charge in [0.25, 0.3) is 5.91 Å². The van der Waals surface area contributed by atoms with Gasteiger partial charge in [-0.15, -0.1) is 0 Å². The van der Waals surface area contributed by atoms with E-state index in [0.29, 0.717) is 11.1 Å². The summed E-state index contributed by atoms with van der Waals surface area (Å²) in [5, 5.41) is 3.74. The number of piperidine rings is 1. The van der Waals surface area contributed by atoms with Gasteiger partial charge in [-0.05, 0) is 64.4 Å². The number of ether oxygens (including phenoxy) is 1. The van der Waals surface area contributed by atoms with Gasteiger partial charge >= 0.3 is 6.09 Å². The number of benzene rings is 2. The van der Waals surface area contributed by atoms with Gasteiger partial charge in [-0.1, -0.05) is 18.2 Å². The van der Waals surface area contributed by atoms with Gasteiger partial charge in [-0.2, -0.15) is 0 Å². The zero-order valence-electron chi connectivity index (χ0n) is 22.5. The summed E-state index contributed by atoms with van der Waals surface area (Å²) in [6.45, 7) is 8.50. The molecule has 9 heteroatoms. The molecule has 2 amide bonds. The molecule has 1 aliphatic rings. The van der Waals surface area contributed by atoms with Crippen LogP contribution in [0.2, 0.25) is 0 Å². The van der Waals surface area contributed by atoms with Crippen LogP contribution in [0, 0.1) is 0 Å². The number of alkyl carbamates (subject to hydrolysis) is 1. The number of likely N-dealkylation sites (tertiary alicyclic amines) is 1. The Morgan fingerprint density at radius 1 is 1.13 bits per heavy atom. The third-order valence-corrected chi connectivity index (χ3v) is 7.00.